The Labute approximate surface area is 139 Å². The van der Waals surface area contributed by atoms with Crippen LogP contribution in [0, 0.1) is 0 Å². The van der Waals surface area contributed by atoms with Crippen molar-refractivity contribution < 1.29 is 39.5 Å². The Bertz CT molecular complexity index is 555. The van der Waals surface area contributed by atoms with E-state index >= 15 is 0 Å². The SMILES string of the molecule is O=C(O)c1ccc(CCOCCO)c(CCOCCO)c1C(=O)O. The lowest BCUT2D eigenvalue weighted by molar-refractivity contribution is 0.0648. The van der Waals surface area contributed by atoms with E-state index < -0.39 is 11.9 Å². The molecule has 0 aliphatic heterocycles. The molecule has 0 unspecified atom stereocenters. The minimum absolute atomic E-state index is 0.111. The number of ether oxygens (including phenoxy) is 2. The van der Waals surface area contributed by atoms with Crippen LogP contribution in [0.5, 0.6) is 0 Å². The van der Waals surface area contributed by atoms with Crippen molar-refractivity contribution >= 4 is 11.9 Å². The molecule has 1 aromatic rings. The van der Waals surface area contributed by atoms with Crippen LogP contribution in [0.2, 0.25) is 0 Å². The van der Waals surface area contributed by atoms with Crippen molar-refractivity contribution in [1.29, 1.82) is 0 Å². The van der Waals surface area contributed by atoms with Gasteiger partial charge in [-0.3, -0.25) is 0 Å². The van der Waals surface area contributed by atoms with Gasteiger partial charge in [0.05, 0.1) is 50.8 Å². The average Bonchev–Trinajstić information content (AvgIpc) is 2.55. The molecule has 0 atom stereocenters. The van der Waals surface area contributed by atoms with Gasteiger partial charge in [0.2, 0.25) is 0 Å². The first kappa shape index (κ1) is 20.0. The molecule has 8 nitrogen and oxygen atoms in total. The molecule has 0 saturated carbocycles. The normalized spacial score (nSPS) is 10.8. The highest BCUT2D eigenvalue weighted by Gasteiger charge is 2.22. The molecular weight excluding hydrogens is 320 g/mol. The summed E-state index contributed by atoms with van der Waals surface area (Å²) in [5.74, 6) is -2.63. The van der Waals surface area contributed by atoms with E-state index in [0.717, 1.165) is 0 Å². The van der Waals surface area contributed by atoms with Crippen LogP contribution in [-0.2, 0) is 22.3 Å². The van der Waals surface area contributed by atoms with Crippen LogP contribution in [0.3, 0.4) is 0 Å². The fourth-order valence-corrected chi connectivity index (χ4v) is 2.32. The number of carbonyl (C=O) groups is 2. The molecule has 0 aliphatic carbocycles. The van der Waals surface area contributed by atoms with Gasteiger partial charge in [0.15, 0.2) is 0 Å². The summed E-state index contributed by atoms with van der Waals surface area (Å²) in [6.07, 6.45) is 0.591. The van der Waals surface area contributed by atoms with Gasteiger partial charge in [-0.2, -0.15) is 0 Å². The second kappa shape index (κ2) is 10.7. The second-order valence-corrected chi connectivity index (χ2v) is 4.91. The molecule has 134 valence electrons. The van der Waals surface area contributed by atoms with E-state index in [1.165, 1.54) is 6.07 Å². The summed E-state index contributed by atoms with van der Waals surface area (Å²) in [7, 11) is 0. The van der Waals surface area contributed by atoms with Gasteiger partial charge < -0.3 is 29.9 Å². The Hall–Kier alpha value is -2.00. The number of aromatic carboxylic acids is 2. The lowest BCUT2D eigenvalue weighted by atomic mass is 9.92. The van der Waals surface area contributed by atoms with Crippen molar-refractivity contribution in [3.8, 4) is 0 Å². The molecule has 0 aliphatic rings. The lowest BCUT2D eigenvalue weighted by Gasteiger charge is -2.15. The predicted molar refractivity (Wildman–Crippen MR) is 83.6 cm³/mol. The standard InChI is InChI=1S/C16H22O8/c17-5-9-23-7-3-11-1-2-13(15(19)20)14(16(21)22)12(11)4-8-24-10-6-18/h1-2,17-18H,3-10H2,(H,19,20)(H,21,22). The number of benzene rings is 1. The number of aliphatic hydroxyl groups is 2. The summed E-state index contributed by atoms with van der Waals surface area (Å²) < 4.78 is 10.3. The van der Waals surface area contributed by atoms with E-state index in [0.29, 0.717) is 17.5 Å². The summed E-state index contributed by atoms with van der Waals surface area (Å²) in [6, 6.07) is 2.84. The molecule has 1 aromatic carbocycles. The summed E-state index contributed by atoms with van der Waals surface area (Å²) in [4.78, 5) is 22.8. The van der Waals surface area contributed by atoms with Crippen LogP contribution in [-0.4, -0.2) is 72.0 Å². The van der Waals surface area contributed by atoms with E-state index in [9.17, 15) is 19.8 Å². The molecule has 1 rings (SSSR count). The van der Waals surface area contributed by atoms with Gasteiger partial charge in [0, 0.05) is 0 Å². The van der Waals surface area contributed by atoms with Gasteiger partial charge in [0.25, 0.3) is 0 Å². The van der Waals surface area contributed by atoms with Crippen LogP contribution >= 0.6 is 0 Å². The monoisotopic (exact) mass is 342 g/mol. The molecule has 0 fully saturated rings. The molecule has 0 saturated heterocycles. The van der Waals surface area contributed by atoms with Crippen molar-refractivity contribution in [2.45, 2.75) is 12.8 Å². The smallest absolute Gasteiger partial charge is 0.336 e. The summed E-state index contributed by atoms with van der Waals surface area (Å²) in [5, 5.41) is 36.0. The van der Waals surface area contributed by atoms with Gasteiger partial charge >= 0.3 is 11.9 Å². The van der Waals surface area contributed by atoms with E-state index in [1.54, 1.807) is 6.07 Å². The third-order valence-corrected chi connectivity index (χ3v) is 3.34. The topological polar surface area (TPSA) is 134 Å². The Morgan fingerprint density at radius 2 is 1.42 bits per heavy atom. The first-order valence-electron chi connectivity index (χ1n) is 7.51. The van der Waals surface area contributed by atoms with Crippen molar-refractivity contribution in [2.75, 3.05) is 39.6 Å². The van der Waals surface area contributed by atoms with Crippen LogP contribution in [0.15, 0.2) is 12.1 Å². The van der Waals surface area contributed by atoms with Crippen molar-refractivity contribution in [3.63, 3.8) is 0 Å². The third-order valence-electron chi connectivity index (χ3n) is 3.34. The maximum Gasteiger partial charge on any atom is 0.336 e. The van der Waals surface area contributed by atoms with E-state index in [4.69, 9.17) is 19.7 Å². The molecular formula is C16H22O8. The minimum Gasteiger partial charge on any atom is -0.478 e. The van der Waals surface area contributed by atoms with Gasteiger partial charge in [-0.15, -0.1) is 0 Å². The summed E-state index contributed by atoms with van der Waals surface area (Å²) in [5.41, 5.74) is 0.505. The highest BCUT2D eigenvalue weighted by atomic mass is 16.5. The molecule has 0 radical (unpaired) electrons. The van der Waals surface area contributed by atoms with Gasteiger partial charge in [-0.25, -0.2) is 9.59 Å². The van der Waals surface area contributed by atoms with Crippen LogP contribution in [0.1, 0.15) is 31.8 Å². The number of carboxylic acid groups (broad SMARTS) is 2. The van der Waals surface area contributed by atoms with Crippen molar-refractivity contribution in [3.05, 3.63) is 34.4 Å². The minimum atomic E-state index is -1.32. The van der Waals surface area contributed by atoms with Crippen LogP contribution < -0.4 is 0 Å². The fourth-order valence-electron chi connectivity index (χ4n) is 2.32. The Morgan fingerprint density at radius 3 is 1.92 bits per heavy atom. The van der Waals surface area contributed by atoms with Gasteiger partial charge in [0.1, 0.15) is 0 Å². The first-order chi connectivity index (χ1) is 11.5. The molecule has 4 N–H and O–H groups in total. The molecule has 0 spiro atoms. The molecule has 0 aromatic heterocycles. The molecule has 0 amide bonds. The Morgan fingerprint density at radius 1 is 0.833 bits per heavy atom. The van der Waals surface area contributed by atoms with Crippen molar-refractivity contribution in [1.82, 2.24) is 0 Å². The van der Waals surface area contributed by atoms with Gasteiger partial charge in [-0.05, 0) is 30.0 Å². The zero-order valence-corrected chi connectivity index (χ0v) is 13.2. The summed E-state index contributed by atoms with van der Waals surface area (Å²) in [6.45, 7) is 0.470. The maximum absolute atomic E-state index is 11.6. The fraction of sp³-hybridized carbons (Fsp3) is 0.500. The maximum atomic E-state index is 11.6. The summed E-state index contributed by atoms with van der Waals surface area (Å²) >= 11 is 0. The van der Waals surface area contributed by atoms with Crippen molar-refractivity contribution in [2.24, 2.45) is 0 Å². The highest BCUT2D eigenvalue weighted by Crippen LogP contribution is 2.22. The first-order valence-corrected chi connectivity index (χ1v) is 7.51. The number of aliphatic hydroxyl groups excluding tert-OH is 2. The molecule has 8 heteroatoms. The molecule has 0 bridgehead atoms. The molecule has 24 heavy (non-hydrogen) atoms. The van der Waals surface area contributed by atoms with Gasteiger partial charge in [-0.1, -0.05) is 6.07 Å². The van der Waals surface area contributed by atoms with Crippen LogP contribution in [0.4, 0.5) is 0 Å². The van der Waals surface area contributed by atoms with E-state index in [1.807, 2.05) is 0 Å². The predicted octanol–water partition coefficient (Wildman–Crippen LogP) is 0.186. The molecule has 0 heterocycles. The Balaban J connectivity index is 3.08. The number of hydrogen-bond donors (Lipinski definition) is 4. The zero-order valence-electron chi connectivity index (χ0n) is 13.2. The third kappa shape index (κ3) is 5.89. The van der Waals surface area contributed by atoms with Crippen LogP contribution in [0.25, 0.3) is 0 Å². The quantitative estimate of drug-likeness (QED) is 0.396. The lowest BCUT2D eigenvalue weighted by Crippen LogP contribution is -2.16. The average molecular weight is 342 g/mol. The van der Waals surface area contributed by atoms with E-state index in [2.05, 4.69) is 0 Å². The largest absolute Gasteiger partial charge is 0.478 e. The van der Waals surface area contributed by atoms with E-state index in [-0.39, 0.29) is 57.2 Å². The second-order valence-electron chi connectivity index (χ2n) is 4.91. The number of rotatable bonds is 12. The number of carboxylic acids is 2. The number of hydrogen-bond acceptors (Lipinski definition) is 6. The highest BCUT2D eigenvalue weighted by molar-refractivity contribution is 6.03. The Kier molecular flexibility index (Phi) is 8.95. The zero-order chi connectivity index (χ0) is 17.9.